The summed E-state index contributed by atoms with van der Waals surface area (Å²) in [5, 5.41) is 6.49. The summed E-state index contributed by atoms with van der Waals surface area (Å²) in [5.41, 5.74) is 2.21. The second kappa shape index (κ2) is 7.14. The van der Waals surface area contributed by atoms with Gasteiger partial charge in [0.15, 0.2) is 0 Å². The van der Waals surface area contributed by atoms with Crippen LogP contribution >= 0.6 is 0 Å². The summed E-state index contributed by atoms with van der Waals surface area (Å²) >= 11 is 0. The Bertz CT molecular complexity index is 946. The fourth-order valence-electron chi connectivity index (χ4n) is 2.56. The SMILES string of the molecule is Cc1cccc(N(CCNS(=O)(=O)c2c(C)n[nH]c2C)S(C)(=O)=O)c1. The summed E-state index contributed by atoms with van der Waals surface area (Å²) in [6, 6.07) is 7.02. The second-order valence-corrected chi connectivity index (χ2v) is 9.45. The van der Waals surface area contributed by atoms with Crippen molar-refractivity contribution < 1.29 is 16.8 Å². The van der Waals surface area contributed by atoms with Gasteiger partial charge in [0, 0.05) is 13.1 Å². The molecule has 138 valence electrons. The summed E-state index contributed by atoms with van der Waals surface area (Å²) < 4.78 is 52.6. The van der Waals surface area contributed by atoms with Gasteiger partial charge in [-0.2, -0.15) is 5.10 Å². The standard InChI is InChI=1S/C15H22N4O4S2/c1-11-6-5-7-14(10-11)19(24(4,20)21)9-8-16-25(22,23)15-12(2)17-18-13(15)3/h5-7,10,16H,8-9H2,1-4H3,(H,17,18). The number of anilines is 1. The van der Waals surface area contributed by atoms with E-state index in [1.165, 1.54) is 4.31 Å². The number of aromatic nitrogens is 2. The zero-order valence-corrected chi connectivity index (χ0v) is 16.2. The van der Waals surface area contributed by atoms with Crippen molar-refractivity contribution in [3.05, 3.63) is 41.2 Å². The summed E-state index contributed by atoms with van der Waals surface area (Å²) in [4.78, 5) is 0.0916. The lowest BCUT2D eigenvalue weighted by molar-refractivity contribution is 0.577. The van der Waals surface area contributed by atoms with Crippen molar-refractivity contribution in [2.24, 2.45) is 0 Å². The van der Waals surface area contributed by atoms with Gasteiger partial charge in [0.2, 0.25) is 20.0 Å². The molecule has 1 aromatic carbocycles. The number of H-pyrrole nitrogens is 1. The number of hydrogen-bond donors (Lipinski definition) is 2. The Balaban J connectivity index is 2.17. The first-order valence-electron chi connectivity index (χ1n) is 7.58. The molecule has 0 amide bonds. The molecule has 0 bridgehead atoms. The highest BCUT2D eigenvalue weighted by atomic mass is 32.2. The van der Waals surface area contributed by atoms with Crippen molar-refractivity contribution >= 4 is 25.7 Å². The van der Waals surface area contributed by atoms with Gasteiger partial charge in [-0.1, -0.05) is 12.1 Å². The van der Waals surface area contributed by atoms with E-state index in [0.717, 1.165) is 11.8 Å². The molecule has 0 spiro atoms. The number of rotatable bonds is 7. The molecule has 0 unspecified atom stereocenters. The molecule has 8 nitrogen and oxygen atoms in total. The Labute approximate surface area is 148 Å². The van der Waals surface area contributed by atoms with Crippen LogP contribution in [0.15, 0.2) is 29.2 Å². The van der Waals surface area contributed by atoms with E-state index in [4.69, 9.17) is 0 Å². The number of benzene rings is 1. The molecule has 2 aromatic rings. The highest BCUT2D eigenvalue weighted by Gasteiger charge is 2.23. The maximum absolute atomic E-state index is 12.4. The maximum Gasteiger partial charge on any atom is 0.244 e. The van der Waals surface area contributed by atoms with Gasteiger partial charge in [-0.05, 0) is 38.5 Å². The normalized spacial score (nSPS) is 12.3. The molecule has 2 N–H and O–H groups in total. The Morgan fingerprint density at radius 2 is 1.84 bits per heavy atom. The number of aryl methyl sites for hydroxylation is 3. The Kier molecular flexibility index (Phi) is 5.55. The molecule has 0 aliphatic carbocycles. The molecule has 1 heterocycles. The lowest BCUT2D eigenvalue weighted by atomic mass is 10.2. The number of aromatic amines is 1. The summed E-state index contributed by atoms with van der Waals surface area (Å²) in [6.45, 7) is 4.99. The van der Waals surface area contributed by atoms with Gasteiger partial charge >= 0.3 is 0 Å². The van der Waals surface area contributed by atoms with Gasteiger partial charge in [-0.25, -0.2) is 21.6 Å². The van der Waals surface area contributed by atoms with E-state index in [9.17, 15) is 16.8 Å². The van der Waals surface area contributed by atoms with Crippen LogP contribution in [0.5, 0.6) is 0 Å². The lowest BCUT2D eigenvalue weighted by Crippen LogP contribution is -2.38. The van der Waals surface area contributed by atoms with Crippen molar-refractivity contribution in [3.8, 4) is 0 Å². The Morgan fingerprint density at radius 3 is 2.36 bits per heavy atom. The van der Waals surface area contributed by atoms with E-state index < -0.39 is 20.0 Å². The van der Waals surface area contributed by atoms with Crippen LogP contribution in [0.1, 0.15) is 17.0 Å². The predicted octanol–water partition coefficient (Wildman–Crippen LogP) is 1.08. The molecular weight excluding hydrogens is 364 g/mol. The van der Waals surface area contributed by atoms with Gasteiger partial charge in [0.1, 0.15) is 4.90 Å². The number of nitrogens with one attached hydrogen (secondary N) is 2. The molecule has 0 saturated heterocycles. The van der Waals surface area contributed by atoms with Crippen LogP contribution in [0.3, 0.4) is 0 Å². The average molecular weight is 386 g/mol. The third kappa shape index (κ3) is 4.59. The van der Waals surface area contributed by atoms with Gasteiger partial charge in [-0.3, -0.25) is 9.40 Å². The van der Waals surface area contributed by atoms with Crippen LogP contribution in [0.25, 0.3) is 0 Å². The second-order valence-electron chi connectivity index (χ2n) is 5.84. The van der Waals surface area contributed by atoms with E-state index in [1.807, 2.05) is 13.0 Å². The highest BCUT2D eigenvalue weighted by molar-refractivity contribution is 7.92. The third-order valence-corrected chi connectivity index (χ3v) is 6.54. The van der Waals surface area contributed by atoms with Gasteiger partial charge in [-0.15, -0.1) is 0 Å². The minimum Gasteiger partial charge on any atom is -0.281 e. The number of hydrogen-bond acceptors (Lipinski definition) is 5. The largest absolute Gasteiger partial charge is 0.281 e. The van der Waals surface area contributed by atoms with Crippen molar-refractivity contribution in [2.75, 3.05) is 23.7 Å². The van der Waals surface area contributed by atoms with Crippen LogP contribution in [0.2, 0.25) is 0 Å². The zero-order valence-electron chi connectivity index (χ0n) is 14.6. The Morgan fingerprint density at radius 1 is 1.16 bits per heavy atom. The van der Waals surface area contributed by atoms with Crippen molar-refractivity contribution in [3.63, 3.8) is 0 Å². The smallest absolute Gasteiger partial charge is 0.244 e. The third-order valence-electron chi connectivity index (χ3n) is 3.63. The predicted molar refractivity (Wildman–Crippen MR) is 96.6 cm³/mol. The van der Waals surface area contributed by atoms with Crippen molar-refractivity contribution in [2.45, 2.75) is 25.7 Å². The molecule has 1 aromatic heterocycles. The molecule has 25 heavy (non-hydrogen) atoms. The van der Waals surface area contributed by atoms with E-state index in [2.05, 4.69) is 14.9 Å². The molecule has 0 radical (unpaired) electrons. The fourth-order valence-corrected chi connectivity index (χ4v) is 4.87. The van der Waals surface area contributed by atoms with E-state index in [0.29, 0.717) is 17.1 Å². The van der Waals surface area contributed by atoms with Gasteiger partial charge in [0.25, 0.3) is 0 Å². The first kappa shape index (κ1) is 19.4. The van der Waals surface area contributed by atoms with Crippen LogP contribution in [0, 0.1) is 20.8 Å². The summed E-state index contributed by atoms with van der Waals surface area (Å²) in [7, 11) is -7.32. The van der Waals surface area contributed by atoms with E-state index in [-0.39, 0.29) is 18.0 Å². The van der Waals surface area contributed by atoms with Crippen LogP contribution in [0.4, 0.5) is 5.69 Å². The molecule has 0 fully saturated rings. The Hall–Kier alpha value is -1.91. The summed E-state index contributed by atoms with van der Waals surface area (Å²) in [6.07, 6.45) is 1.09. The van der Waals surface area contributed by atoms with Gasteiger partial charge in [0.05, 0.1) is 23.3 Å². The van der Waals surface area contributed by atoms with E-state index in [1.54, 1.807) is 32.0 Å². The average Bonchev–Trinajstić information content (AvgIpc) is 2.82. The monoisotopic (exact) mass is 386 g/mol. The van der Waals surface area contributed by atoms with Crippen molar-refractivity contribution in [1.82, 2.24) is 14.9 Å². The molecule has 0 aliphatic heterocycles. The lowest BCUT2D eigenvalue weighted by Gasteiger charge is -2.23. The van der Waals surface area contributed by atoms with Crippen LogP contribution in [-0.2, 0) is 20.0 Å². The first-order chi connectivity index (χ1) is 11.5. The van der Waals surface area contributed by atoms with E-state index >= 15 is 0 Å². The molecule has 10 heteroatoms. The first-order valence-corrected chi connectivity index (χ1v) is 10.9. The fraction of sp³-hybridized carbons (Fsp3) is 0.400. The van der Waals surface area contributed by atoms with Crippen molar-refractivity contribution in [1.29, 1.82) is 0 Å². The molecule has 2 rings (SSSR count). The number of sulfonamides is 2. The number of nitrogens with zero attached hydrogens (tertiary/aromatic N) is 2. The topological polar surface area (TPSA) is 112 Å². The summed E-state index contributed by atoms with van der Waals surface area (Å²) in [5.74, 6) is 0. The van der Waals surface area contributed by atoms with Crippen LogP contribution in [-0.4, -0.2) is 46.4 Å². The minimum atomic E-state index is -3.78. The zero-order chi connectivity index (χ0) is 18.8. The van der Waals surface area contributed by atoms with Gasteiger partial charge < -0.3 is 0 Å². The minimum absolute atomic E-state index is 0.0164. The highest BCUT2D eigenvalue weighted by Crippen LogP contribution is 2.19. The molecular formula is C15H22N4O4S2. The molecule has 0 atom stereocenters. The molecule has 0 aliphatic rings. The maximum atomic E-state index is 12.4. The molecule has 0 saturated carbocycles. The van der Waals surface area contributed by atoms with Crippen LogP contribution < -0.4 is 9.03 Å². The quantitative estimate of drug-likeness (QED) is 0.739.